The van der Waals surface area contributed by atoms with Gasteiger partial charge in [-0.25, -0.2) is 0 Å². The Labute approximate surface area is 112 Å². The van der Waals surface area contributed by atoms with E-state index in [1.54, 1.807) is 6.92 Å². The Morgan fingerprint density at radius 1 is 1.26 bits per heavy atom. The lowest BCUT2D eigenvalue weighted by atomic mass is 10.1. The number of hydrogen-bond acceptors (Lipinski definition) is 3. The van der Waals surface area contributed by atoms with Gasteiger partial charge in [-0.2, -0.15) is 0 Å². The molecule has 0 aliphatic heterocycles. The molecular formula is C15H18N2O2. The summed E-state index contributed by atoms with van der Waals surface area (Å²) < 4.78 is 5.59. The van der Waals surface area contributed by atoms with Gasteiger partial charge in [0.2, 0.25) is 5.91 Å². The van der Waals surface area contributed by atoms with Gasteiger partial charge >= 0.3 is 0 Å². The van der Waals surface area contributed by atoms with Crippen LogP contribution in [-0.2, 0) is 4.79 Å². The van der Waals surface area contributed by atoms with Crippen molar-refractivity contribution in [1.82, 2.24) is 5.32 Å². The van der Waals surface area contributed by atoms with Crippen LogP contribution in [-0.4, -0.2) is 25.1 Å². The fraction of sp³-hybridized carbons (Fsp3) is 0.267. The molecule has 0 aliphatic carbocycles. The van der Waals surface area contributed by atoms with Crippen molar-refractivity contribution in [3.05, 3.63) is 42.5 Å². The number of nitrogens with one attached hydrogen (secondary N) is 1. The largest absolute Gasteiger partial charge is 0.492 e. The van der Waals surface area contributed by atoms with E-state index in [2.05, 4.69) is 11.4 Å². The predicted molar refractivity (Wildman–Crippen MR) is 76.1 cm³/mol. The summed E-state index contributed by atoms with van der Waals surface area (Å²) in [5.41, 5.74) is 5.44. The summed E-state index contributed by atoms with van der Waals surface area (Å²) in [6, 6.07) is 13.5. The molecule has 1 atom stereocenters. The molecular weight excluding hydrogens is 240 g/mol. The van der Waals surface area contributed by atoms with Gasteiger partial charge in [-0.3, -0.25) is 4.79 Å². The highest BCUT2D eigenvalue weighted by Crippen LogP contribution is 2.20. The molecule has 4 heteroatoms. The van der Waals surface area contributed by atoms with E-state index in [-0.39, 0.29) is 5.91 Å². The van der Waals surface area contributed by atoms with E-state index in [0.717, 1.165) is 11.1 Å². The lowest BCUT2D eigenvalue weighted by Gasteiger charge is -2.09. The Kier molecular flexibility index (Phi) is 4.36. The average Bonchev–Trinajstić information content (AvgIpc) is 2.43. The van der Waals surface area contributed by atoms with Crippen LogP contribution in [0.3, 0.4) is 0 Å². The molecule has 2 aromatic carbocycles. The van der Waals surface area contributed by atoms with E-state index in [0.29, 0.717) is 13.2 Å². The highest BCUT2D eigenvalue weighted by Gasteiger charge is 2.05. The van der Waals surface area contributed by atoms with E-state index >= 15 is 0 Å². The van der Waals surface area contributed by atoms with Crippen molar-refractivity contribution in [3.63, 3.8) is 0 Å². The molecule has 1 unspecified atom stereocenters. The van der Waals surface area contributed by atoms with Crippen LogP contribution in [0.2, 0.25) is 0 Å². The van der Waals surface area contributed by atoms with Crippen LogP contribution < -0.4 is 15.8 Å². The Balaban J connectivity index is 1.86. The van der Waals surface area contributed by atoms with Crippen LogP contribution in [0, 0.1) is 0 Å². The predicted octanol–water partition coefficient (Wildman–Crippen LogP) is 1.68. The molecule has 0 saturated carbocycles. The third-order valence-corrected chi connectivity index (χ3v) is 2.80. The zero-order valence-corrected chi connectivity index (χ0v) is 10.9. The number of nitrogens with two attached hydrogens (primary N) is 1. The second-order valence-corrected chi connectivity index (χ2v) is 4.44. The number of carbonyl (C=O) groups is 1. The fourth-order valence-corrected chi connectivity index (χ4v) is 1.76. The van der Waals surface area contributed by atoms with Crippen molar-refractivity contribution in [3.8, 4) is 5.75 Å². The number of hydrogen-bond donors (Lipinski definition) is 2. The van der Waals surface area contributed by atoms with Crippen LogP contribution >= 0.6 is 0 Å². The topological polar surface area (TPSA) is 64.4 Å². The van der Waals surface area contributed by atoms with Gasteiger partial charge in [-0.05, 0) is 29.8 Å². The van der Waals surface area contributed by atoms with Gasteiger partial charge in [0.1, 0.15) is 12.4 Å². The minimum Gasteiger partial charge on any atom is -0.492 e. The maximum atomic E-state index is 11.2. The van der Waals surface area contributed by atoms with Gasteiger partial charge < -0.3 is 15.8 Å². The zero-order valence-electron chi connectivity index (χ0n) is 10.9. The molecule has 0 radical (unpaired) electrons. The first-order valence-corrected chi connectivity index (χ1v) is 6.32. The molecule has 2 rings (SSSR count). The smallest absolute Gasteiger partial charge is 0.236 e. The molecule has 19 heavy (non-hydrogen) atoms. The maximum absolute atomic E-state index is 11.2. The molecule has 1 amide bonds. The molecule has 0 aliphatic rings. The summed E-state index contributed by atoms with van der Waals surface area (Å²) in [5.74, 6) is 0.635. The minimum atomic E-state index is -0.485. The normalized spacial score (nSPS) is 12.1. The van der Waals surface area contributed by atoms with E-state index in [9.17, 15) is 4.79 Å². The molecule has 0 saturated heterocycles. The van der Waals surface area contributed by atoms with Gasteiger partial charge in [0.05, 0.1) is 12.6 Å². The molecule has 3 N–H and O–H groups in total. The summed E-state index contributed by atoms with van der Waals surface area (Å²) in [7, 11) is 0. The van der Waals surface area contributed by atoms with Gasteiger partial charge in [0.15, 0.2) is 0 Å². The number of rotatable bonds is 5. The number of fused-ring (bicyclic) bond motifs is 1. The van der Waals surface area contributed by atoms with Crippen LogP contribution in [0.4, 0.5) is 0 Å². The Bertz CT molecular complexity index is 567. The first kappa shape index (κ1) is 13.4. The molecule has 0 spiro atoms. The van der Waals surface area contributed by atoms with Crippen molar-refractivity contribution in [2.45, 2.75) is 13.0 Å². The van der Waals surface area contributed by atoms with Crippen molar-refractivity contribution < 1.29 is 9.53 Å². The van der Waals surface area contributed by atoms with E-state index in [4.69, 9.17) is 10.5 Å². The quantitative estimate of drug-likeness (QED) is 0.802. The van der Waals surface area contributed by atoms with E-state index in [1.807, 2.05) is 36.4 Å². The van der Waals surface area contributed by atoms with E-state index < -0.39 is 6.04 Å². The van der Waals surface area contributed by atoms with Crippen molar-refractivity contribution in [2.24, 2.45) is 5.73 Å². The Hall–Kier alpha value is -2.07. The summed E-state index contributed by atoms with van der Waals surface area (Å²) in [5, 5.41) is 5.02. The number of ether oxygens (including phenoxy) is 1. The molecule has 4 nitrogen and oxygen atoms in total. The highest BCUT2D eigenvalue weighted by atomic mass is 16.5. The lowest BCUT2D eigenvalue weighted by Crippen LogP contribution is -2.40. The summed E-state index contributed by atoms with van der Waals surface area (Å²) in [6.45, 7) is 2.53. The molecule has 0 heterocycles. The monoisotopic (exact) mass is 258 g/mol. The van der Waals surface area contributed by atoms with Gasteiger partial charge in [-0.1, -0.05) is 30.3 Å². The number of carbonyl (C=O) groups excluding carboxylic acids is 1. The molecule has 0 bridgehead atoms. The van der Waals surface area contributed by atoms with Crippen LogP contribution in [0.15, 0.2) is 42.5 Å². The van der Waals surface area contributed by atoms with Crippen molar-refractivity contribution >= 4 is 16.7 Å². The molecule has 0 aromatic heterocycles. The van der Waals surface area contributed by atoms with Crippen molar-refractivity contribution in [2.75, 3.05) is 13.2 Å². The van der Waals surface area contributed by atoms with Crippen LogP contribution in [0.25, 0.3) is 10.8 Å². The highest BCUT2D eigenvalue weighted by molar-refractivity contribution is 5.83. The maximum Gasteiger partial charge on any atom is 0.236 e. The Morgan fingerprint density at radius 3 is 2.74 bits per heavy atom. The third kappa shape index (κ3) is 3.69. The number of benzene rings is 2. The fourth-order valence-electron chi connectivity index (χ4n) is 1.76. The minimum absolute atomic E-state index is 0.165. The van der Waals surface area contributed by atoms with Gasteiger partial charge in [0, 0.05) is 0 Å². The average molecular weight is 258 g/mol. The second-order valence-electron chi connectivity index (χ2n) is 4.44. The Morgan fingerprint density at radius 2 is 2.00 bits per heavy atom. The van der Waals surface area contributed by atoms with Crippen molar-refractivity contribution in [1.29, 1.82) is 0 Å². The van der Waals surface area contributed by atoms with E-state index in [1.165, 1.54) is 5.39 Å². The molecule has 2 aromatic rings. The second kappa shape index (κ2) is 6.20. The first-order valence-electron chi connectivity index (χ1n) is 6.32. The lowest BCUT2D eigenvalue weighted by molar-refractivity contribution is -0.122. The summed E-state index contributed by atoms with van der Waals surface area (Å²) in [4.78, 5) is 11.2. The molecule has 0 fully saturated rings. The summed E-state index contributed by atoms with van der Waals surface area (Å²) >= 11 is 0. The van der Waals surface area contributed by atoms with Gasteiger partial charge in [0.25, 0.3) is 0 Å². The summed E-state index contributed by atoms with van der Waals surface area (Å²) in [6.07, 6.45) is 0. The SMILES string of the molecule is CC(N)C(=O)NCCOc1ccc2ccccc2c1. The molecule has 100 valence electrons. The van der Waals surface area contributed by atoms with Gasteiger partial charge in [-0.15, -0.1) is 0 Å². The first-order chi connectivity index (χ1) is 9.16. The standard InChI is InChI=1S/C15H18N2O2/c1-11(16)15(18)17-8-9-19-14-7-6-12-4-2-3-5-13(12)10-14/h2-7,10-11H,8-9,16H2,1H3,(H,17,18). The van der Waals surface area contributed by atoms with Crippen LogP contribution in [0.1, 0.15) is 6.92 Å². The van der Waals surface area contributed by atoms with Crippen LogP contribution in [0.5, 0.6) is 5.75 Å². The zero-order chi connectivity index (χ0) is 13.7. The third-order valence-electron chi connectivity index (χ3n) is 2.80. The number of amides is 1.